The van der Waals surface area contributed by atoms with Crippen LogP contribution in [0.25, 0.3) is 0 Å². The van der Waals surface area contributed by atoms with Crippen LogP contribution in [0, 0.1) is 6.92 Å². The van der Waals surface area contributed by atoms with E-state index >= 15 is 0 Å². The van der Waals surface area contributed by atoms with Gasteiger partial charge in [0.25, 0.3) is 5.91 Å². The van der Waals surface area contributed by atoms with Crippen LogP contribution in [0.5, 0.6) is 5.75 Å². The van der Waals surface area contributed by atoms with Crippen molar-refractivity contribution in [2.75, 3.05) is 43.5 Å². The lowest BCUT2D eigenvalue weighted by Crippen LogP contribution is -2.49. The standard InChI is InChI=1S/C21H22BrN5O3/c1-14-13-19(24-15-3-5-16(29-2)6-4-15)25-21(23-14)27-11-9-26(10-12-27)20(28)17-7-8-18(22)30-17/h3-8,13H,9-12H2,1-2H3,(H,23,24,25). The zero-order valence-electron chi connectivity index (χ0n) is 16.8. The summed E-state index contributed by atoms with van der Waals surface area (Å²) < 4.78 is 11.1. The number of carbonyl (C=O) groups excluding carboxylic acids is 1. The van der Waals surface area contributed by atoms with Crippen molar-refractivity contribution in [1.29, 1.82) is 0 Å². The van der Waals surface area contributed by atoms with Gasteiger partial charge in [-0.25, -0.2) is 4.98 Å². The van der Waals surface area contributed by atoms with E-state index in [2.05, 4.69) is 36.1 Å². The minimum atomic E-state index is -0.104. The number of hydrogen-bond acceptors (Lipinski definition) is 7. The Kier molecular flexibility index (Phi) is 5.89. The van der Waals surface area contributed by atoms with E-state index in [4.69, 9.17) is 9.15 Å². The fourth-order valence-corrected chi connectivity index (χ4v) is 3.58. The molecule has 9 heteroatoms. The molecule has 1 aliphatic heterocycles. The van der Waals surface area contributed by atoms with Gasteiger partial charge in [0.15, 0.2) is 10.4 Å². The first kappa shape index (κ1) is 20.2. The molecule has 1 fully saturated rings. The zero-order valence-corrected chi connectivity index (χ0v) is 18.3. The van der Waals surface area contributed by atoms with Crippen LogP contribution in [0.4, 0.5) is 17.5 Å². The molecular formula is C21H22BrN5O3. The molecule has 1 N–H and O–H groups in total. The summed E-state index contributed by atoms with van der Waals surface area (Å²) in [6.45, 7) is 4.41. The molecule has 156 valence electrons. The zero-order chi connectivity index (χ0) is 21.1. The Bertz CT molecular complexity index is 1030. The molecule has 0 spiro atoms. The smallest absolute Gasteiger partial charge is 0.289 e. The predicted octanol–water partition coefficient (Wildman–Crippen LogP) is 3.86. The number of anilines is 3. The van der Waals surface area contributed by atoms with Crippen molar-refractivity contribution < 1.29 is 13.9 Å². The Balaban J connectivity index is 1.42. The minimum Gasteiger partial charge on any atom is -0.497 e. The molecule has 1 amide bonds. The van der Waals surface area contributed by atoms with Crippen LogP contribution in [0.15, 0.2) is 51.6 Å². The van der Waals surface area contributed by atoms with Crippen LogP contribution in [0.2, 0.25) is 0 Å². The first-order valence-electron chi connectivity index (χ1n) is 9.58. The SMILES string of the molecule is COc1ccc(Nc2cc(C)nc(N3CCN(C(=O)c4ccc(Br)o4)CC3)n2)cc1. The Morgan fingerprint density at radius 2 is 1.83 bits per heavy atom. The number of carbonyl (C=O) groups is 1. The lowest BCUT2D eigenvalue weighted by molar-refractivity contribution is 0.0712. The lowest BCUT2D eigenvalue weighted by Gasteiger charge is -2.34. The van der Waals surface area contributed by atoms with E-state index in [9.17, 15) is 4.79 Å². The van der Waals surface area contributed by atoms with Crippen LogP contribution >= 0.6 is 15.9 Å². The molecule has 3 heterocycles. The highest BCUT2D eigenvalue weighted by atomic mass is 79.9. The normalized spacial score (nSPS) is 14.0. The van der Waals surface area contributed by atoms with E-state index in [1.165, 1.54) is 0 Å². The van der Waals surface area contributed by atoms with E-state index in [-0.39, 0.29) is 5.91 Å². The van der Waals surface area contributed by atoms with Crippen molar-refractivity contribution >= 4 is 39.3 Å². The number of piperazine rings is 1. The number of aromatic nitrogens is 2. The molecule has 0 bridgehead atoms. The number of benzene rings is 1. The molecule has 0 atom stereocenters. The van der Waals surface area contributed by atoms with Crippen LogP contribution in [-0.4, -0.2) is 54.1 Å². The molecule has 1 saturated heterocycles. The molecule has 0 radical (unpaired) electrons. The van der Waals surface area contributed by atoms with Gasteiger partial charge < -0.3 is 24.3 Å². The number of nitrogens with zero attached hydrogens (tertiary/aromatic N) is 4. The summed E-state index contributed by atoms with van der Waals surface area (Å²) in [5.74, 6) is 2.41. The number of amides is 1. The van der Waals surface area contributed by atoms with E-state index < -0.39 is 0 Å². The second-order valence-electron chi connectivity index (χ2n) is 6.93. The highest BCUT2D eigenvalue weighted by Gasteiger charge is 2.25. The molecule has 0 aliphatic carbocycles. The minimum absolute atomic E-state index is 0.104. The number of hydrogen-bond donors (Lipinski definition) is 1. The van der Waals surface area contributed by atoms with Crippen molar-refractivity contribution in [3.63, 3.8) is 0 Å². The first-order chi connectivity index (χ1) is 14.5. The maximum absolute atomic E-state index is 12.6. The molecule has 8 nitrogen and oxygen atoms in total. The van der Waals surface area contributed by atoms with Gasteiger partial charge in [-0.15, -0.1) is 0 Å². The Morgan fingerprint density at radius 1 is 1.10 bits per heavy atom. The number of aryl methyl sites for hydroxylation is 1. The molecule has 0 unspecified atom stereocenters. The monoisotopic (exact) mass is 471 g/mol. The van der Waals surface area contributed by atoms with Crippen molar-refractivity contribution in [3.05, 3.63) is 58.6 Å². The van der Waals surface area contributed by atoms with Gasteiger partial charge in [0.1, 0.15) is 11.6 Å². The van der Waals surface area contributed by atoms with Crippen molar-refractivity contribution in [2.24, 2.45) is 0 Å². The van der Waals surface area contributed by atoms with Gasteiger partial charge in [0.05, 0.1) is 7.11 Å². The molecule has 0 saturated carbocycles. The summed E-state index contributed by atoms with van der Waals surface area (Å²) in [7, 11) is 1.64. The number of rotatable bonds is 5. The topological polar surface area (TPSA) is 83.7 Å². The summed E-state index contributed by atoms with van der Waals surface area (Å²) in [6.07, 6.45) is 0. The number of methoxy groups -OCH3 is 1. The second kappa shape index (κ2) is 8.74. The molecule has 2 aromatic heterocycles. The van der Waals surface area contributed by atoms with Crippen LogP contribution < -0.4 is 15.0 Å². The molecule has 30 heavy (non-hydrogen) atoms. The average Bonchev–Trinajstić information content (AvgIpc) is 3.20. The Morgan fingerprint density at radius 3 is 2.47 bits per heavy atom. The van der Waals surface area contributed by atoms with Crippen molar-refractivity contribution in [1.82, 2.24) is 14.9 Å². The third kappa shape index (κ3) is 4.56. The Hall–Kier alpha value is -3.07. The largest absolute Gasteiger partial charge is 0.497 e. The second-order valence-corrected chi connectivity index (χ2v) is 7.71. The molecule has 4 rings (SSSR count). The number of halogens is 1. The van der Waals surface area contributed by atoms with Gasteiger partial charge in [0, 0.05) is 43.6 Å². The van der Waals surface area contributed by atoms with E-state index in [0.29, 0.717) is 42.6 Å². The van der Waals surface area contributed by atoms with Gasteiger partial charge in [-0.1, -0.05) is 0 Å². The van der Waals surface area contributed by atoms with Crippen LogP contribution in [-0.2, 0) is 0 Å². The highest BCUT2D eigenvalue weighted by Crippen LogP contribution is 2.22. The quantitative estimate of drug-likeness (QED) is 0.604. The summed E-state index contributed by atoms with van der Waals surface area (Å²) in [5.41, 5.74) is 1.79. The summed E-state index contributed by atoms with van der Waals surface area (Å²) >= 11 is 3.23. The summed E-state index contributed by atoms with van der Waals surface area (Å²) in [5, 5.41) is 3.31. The molecule has 3 aromatic rings. The lowest BCUT2D eigenvalue weighted by atomic mass is 10.3. The van der Waals surface area contributed by atoms with Gasteiger partial charge >= 0.3 is 0 Å². The maximum atomic E-state index is 12.6. The summed E-state index contributed by atoms with van der Waals surface area (Å²) in [6, 6.07) is 13.0. The number of nitrogens with one attached hydrogen (secondary N) is 1. The van der Waals surface area contributed by atoms with Crippen LogP contribution in [0.1, 0.15) is 16.2 Å². The third-order valence-corrected chi connectivity index (χ3v) is 5.26. The maximum Gasteiger partial charge on any atom is 0.289 e. The van der Waals surface area contributed by atoms with E-state index in [1.54, 1.807) is 24.1 Å². The average molecular weight is 472 g/mol. The highest BCUT2D eigenvalue weighted by molar-refractivity contribution is 9.10. The molecule has 1 aliphatic rings. The molecular weight excluding hydrogens is 450 g/mol. The first-order valence-corrected chi connectivity index (χ1v) is 10.4. The van der Waals surface area contributed by atoms with Gasteiger partial charge in [-0.05, 0) is 59.3 Å². The third-order valence-electron chi connectivity index (χ3n) is 4.84. The fraction of sp³-hybridized carbons (Fsp3) is 0.286. The van der Waals surface area contributed by atoms with E-state index in [1.807, 2.05) is 37.3 Å². The van der Waals surface area contributed by atoms with Crippen molar-refractivity contribution in [2.45, 2.75) is 6.92 Å². The van der Waals surface area contributed by atoms with Gasteiger partial charge in [-0.2, -0.15) is 4.98 Å². The van der Waals surface area contributed by atoms with Crippen molar-refractivity contribution in [3.8, 4) is 5.75 Å². The number of furan rings is 1. The van der Waals surface area contributed by atoms with E-state index in [0.717, 1.165) is 22.9 Å². The molecule has 1 aromatic carbocycles. The number of ether oxygens (including phenoxy) is 1. The fourth-order valence-electron chi connectivity index (χ4n) is 3.28. The Labute approximate surface area is 183 Å². The van der Waals surface area contributed by atoms with Gasteiger partial charge in [-0.3, -0.25) is 4.79 Å². The van der Waals surface area contributed by atoms with Gasteiger partial charge in [0.2, 0.25) is 5.95 Å². The predicted molar refractivity (Wildman–Crippen MR) is 118 cm³/mol. The summed E-state index contributed by atoms with van der Waals surface area (Å²) in [4.78, 5) is 25.7. The van der Waals surface area contributed by atoms with Crippen LogP contribution in [0.3, 0.4) is 0 Å².